The number of methoxy groups -OCH3 is 1. The second kappa shape index (κ2) is 10.2. The minimum absolute atomic E-state index is 0.0808. The Bertz CT molecular complexity index is 855. The predicted molar refractivity (Wildman–Crippen MR) is 111 cm³/mol. The third kappa shape index (κ3) is 5.92. The van der Waals surface area contributed by atoms with Crippen LogP contribution in [0.4, 0.5) is 17.1 Å². The predicted octanol–water partition coefficient (Wildman–Crippen LogP) is 4.37. The molecule has 2 rings (SSSR count). The summed E-state index contributed by atoms with van der Waals surface area (Å²) in [6.45, 7) is 2.43. The van der Waals surface area contributed by atoms with E-state index >= 15 is 0 Å². The molecular weight excluding hydrogens is 382 g/mol. The summed E-state index contributed by atoms with van der Waals surface area (Å²) in [5.74, 6) is -0.0696. The second-order valence-electron chi connectivity index (χ2n) is 5.79. The van der Waals surface area contributed by atoms with E-state index in [1.54, 1.807) is 24.3 Å². The molecule has 0 spiro atoms. The zero-order valence-corrected chi connectivity index (χ0v) is 16.4. The van der Waals surface area contributed by atoms with Gasteiger partial charge in [-0.2, -0.15) is 0 Å². The molecule has 0 unspecified atom stereocenters. The van der Waals surface area contributed by atoms with Crippen molar-refractivity contribution in [2.24, 2.45) is 0 Å². The smallest absolute Gasteiger partial charge is 0.338 e. The molecule has 2 aromatic rings. The number of benzene rings is 2. The van der Waals surface area contributed by atoms with E-state index in [0.717, 1.165) is 12.8 Å². The van der Waals surface area contributed by atoms with Gasteiger partial charge in [0.1, 0.15) is 5.75 Å². The van der Waals surface area contributed by atoms with Crippen LogP contribution in [0.2, 0.25) is 0 Å². The first-order valence-corrected chi connectivity index (χ1v) is 9.03. The topological polar surface area (TPSA) is 103 Å². The van der Waals surface area contributed by atoms with Crippen LogP contribution in [0.15, 0.2) is 42.5 Å². The highest BCUT2D eigenvalue weighted by Crippen LogP contribution is 2.29. The van der Waals surface area contributed by atoms with Crippen molar-refractivity contribution in [2.75, 3.05) is 24.4 Å². The number of thiocarbonyl (C=S) groups is 1. The summed E-state index contributed by atoms with van der Waals surface area (Å²) >= 11 is 5.26. The third-order valence-electron chi connectivity index (χ3n) is 3.75. The van der Waals surface area contributed by atoms with E-state index in [2.05, 4.69) is 10.6 Å². The fraction of sp³-hybridized carbons (Fsp3) is 0.263. The number of anilines is 2. The minimum Gasteiger partial charge on any atom is -0.494 e. The van der Waals surface area contributed by atoms with Gasteiger partial charge >= 0.3 is 5.97 Å². The fourth-order valence-electron chi connectivity index (χ4n) is 2.26. The Morgan fingerprint density at radius 3 is 2.50 bits per heavy atom. The Labute approximate surface area is 168 Å². The van der Waals surface area contributed by atoms with Gasteiger partial charge in [0.05, 0.1) is 36.0 Å². The highest BCUT2D eigenvalue weighted by Gasteiger charge is 2.12. The Morgan fingerprint density at radius 2 is 1.89 bits per heavy atom. The molecule has 0 saturated carbocycles. The Kier molecular flexibility index (Phi) is 7.70. The molecule has 0 aromatic heterocycles. The van der Waals surface area contributed by atoms with Gasteiger partial charge in [-0.05, 0) is 49.0 Å². The van der Waals surface area contributed by atoms with Crippen LogP contribution in [0.5, 0.6) is 5.75 Å². The summed E-state index contributed by atoms with van der Waals surface area (Å²) in [6, 6.07) is 10.9. The average Bonchev–Trinajstić information content (AvgIpc) is 2.68. The SMILES string of the molecule is CCCCOC(=O)c1ccc(NC(=S)Nc2ccc([N+](=O)[O-])cc2OC)cc1. The van der Waals surface area contributed by atoms with Crippen LogP contribution in [0.25, 0.3) is 0 Å². The first-order valence-electron chi connectivity index (χ1n) is 8.62. The molecule has 0 aliphatic rings. The van der Waals surface area contributed by atoms with Crippen molar-refractivity contribution in [3.63, 3.8) is 0 Å². The quantitative estimate of drug-likeness (QED) is 0.220. The lowest BCUT2D eigenvalue weighted by Crippen LogP contribution is -2.19. The number of hydrogen-bond acceptors (Lipinski definition) is 6. The summed E-state index contributed by atoms with van der Waals surface area (Å²) in [4.78, 5) is 22.2. The van der Waals surface area contributed by atoms with Gasteiger partial charge in [0.2, 0.25) is 0 Å². The Morgan fingerprint density at radius 1 is 1.18 bits per heavy atom. The van der Waals surface area contributed by atoms with Crippen molar-refractivity contribution in [2.45, 2.75) is 19.8 Å². The molecule has 0 aliphatic heterocycles. The van der Waals surface area contributed by atoms with Gasteiger partial charge in [-0.3, -0.25) is 10.1 Å². The summed E-state index contributed by atoms with van der Waals surface area (Å²) in [7, 11) is 1.42. The van der Waals surface area contributed by atoms with Crippen molar-refractivity contribution < 1.29 is 19.2 Å². The molecule has 2 aromatic carbocycles. The Hall–Kier alpha value is -3.20. The lowest BCUT2D eigenvalue weighted by atomic mass is 10.2. The van der Waals surface area contributed by atoms with E-state index in [0.29, 0.717) is 29.3 Å². The van der Waals surface area contributed by atoms with Crippen LogP contribution >= 0.6 is 12.2 Å². The summed E-state index contributed by atoms with van der Waals surface area (Å²) < 4.78 is 10.3. The molecule has 9 heteroatoms. The first-order chi connectivity index (χ1) is 13.4. The third-order valence-corrected chi connectivity index (χ3v) is 3.96. The van der Waals surface area contributed by atoms with Crippen LogP contribution in [0, 0.1) is 10.1 Å². The highest BCUT2D eigenvalue weighted by molar-refractivity contribution is 7.80. The van der Waals surface area contributed by atoms with Gasteiger partial charge in [0, 0.05) is 11.8 Å². The van der Waals surface area contributed by atoms with Crippen LogP contribution < -0.4 is 15.4 Å². The van der Waals surface area contributed by atoms with Crippen molar-refractivity contribution in [3.05, 3.63) is 58.1 Å². The standard InChI is InChI=1S/C19H21N3O5S/c1-3-4-11-27-18(23)13-5-7-14(8-6-13)20-19(28)21-16-10-9-15(22(24)25)12-17(16)26-2/h5-10,12H,3-4,11H2,1-2H3,(H2,20,21,28). The molecule has 28 heavy (non-hydrogen) atoms. The Balaban J connectivity index is 1.98. The summed E-state index contributed by atoms with van der Waals surface area (Å²) in [6.07, 6.45) is 1.79. The molecule has 0 aliphatic carbocycles. The van der Waals surface area contributed by atoms with E-state index < -0.39 is 4.92 Å². The molecule has 148 valence electrons. The van der Waals surface area contributed by atoms with E-state index in [1.165, 1.54) is 25.3 Å². The van der Waals surface area contributed by atoms with E-state index in [9.17, 15) is 14.9 Å². The van der Waals surface area contributed by atoms with E-state index in [-0.39, 0.29) is 16.8 Å². The number of nitro benzene ring substituents is 1. The maximum absolute atomic E-state index is 11.9. The highest BCUT2D eigenvalue weighted by atomic mass is 32.1. The second-order valence-corrected chi connectivity index (χ2v) is 6.20. The maximum atomic E-state index is 11.9. The number of carbonyl (C=O) groups excluding carboxylic acids is 1. The van der Waals surface area contributed by atoms with Gasteiger partial charge < -0.3 is 20.1 Å². The average molecular weight is 403 g/mol. The number of nitro groups is 1. The minimum atomic E-state index is -0.502. The van der Waals surface area contributed by atoms with Gasteiger partial charge in [-0.1, -0.05) is 13.3 Å². The van der Waals surface area contributed by atoms with Gasteiger partial charge in [-0.25, -0.2) is 4.79 Å². The zero-order valence-electron chi connectivity index (χ0n) is 15.6. The van der Waals surface area contributed by atoms with Crippen molar-refractivity contribution in [1.82, 2.24) is 0 Å². The maximum Gasteiger partial charge on any atom is 0.338 e. The summed E-state index contributed by atoms with van der Waals surface area (Å²) in [5.41, 5.74) is 1.53. The number of ether oxygens (including phenoxy) is 2. The van der Waals surface area contributed by atoms with Gasteiger partial charge in [-0.15, -0.1) is 0 Å². The van der Waals surface area contributed by atoms with Gasteiger partial charge in [0.15, 0.2) is 5.11 Å². The number of nitrogens with zero attached hydrogens (tertiary/aromatic N) is 1. The van der Waals surface area contributed by atoms with Crippen LogP contribution in [0.3, 0.4) is 0 Å². The lowest BCUT2D eigenvalue weighted by Gasteiger charge is -2.13. The number of non-ortho nitro benzene ring substituents is 1. The molecule has 2 N–H and O–H groups in total. The number of nitrogens with one attached hydrogen (secondary N) is 2. The molecule has 0 bridgehead atoms. The van der Waals surface area contributed by atoms with Gasteiger partial charge in [0.25, 0.3) is 5.69 Å². The lowest BCUT2D eigenvalue weighted by molar-refractivity contribution is -0.384. The number of carbonyl (C=O) groups is 1. The number of esters is 1. The summed E-state index contributed by atoms with van der Waals surface area (Å²) in [5, 5.41) is 17.0. The molecular formula is C19H21N3O5S. The largest absolute Gasteiger partial charge is 0.494 e. The number of hydrogen-bond donors (Lipinski definition) is 2. The normalized spacial score (nSPS) is 10.1. The number of rotatable bonds is 8. The molecule has 0 heterocycles. The number of unbranched alkanes of at least 4 members (excludes halogenated alkanes) is 1. The molecule has 0 saturated heterocycles. The zero-order chi connectivity index (χ0) is 20.5. The molecule has 0 amide bonds. The van der Waals surface area contributed by atoms with E-state index in [1.807, 2.05) is 6.92 Å². The fourth-order valence-corrected chi connectivity index (χ4v) is 2.49. The molecule has 0 radical (unpaired) electrons. The van der Waals surface area contributed by atoms with Crippen molar-refractivity contribution in [3.8, 4) is 5.75 Å². The molecule has 0 atom stereocenters. The first kappa shape index (κ1) is 21.1. The molecule has 0 fully saturated rings. The van der Waals surface area contributed by atoms with Crippen LogP contribution in [0.1, 0.15) is 30.1 Å². The van der Waals surface area contributed by atoms with E-state index in [4.69, 9.17) is 21.7 Å². The van der Waals surface area contributed by atoms with Crippen molar-refractivity contribution in [1.29, 1.82) is 0 Å². The van der Waals surface area contributed by atoms with Crippen molar-refractivity contribution >= 4 is 40.4 Å². The van der Waals surface area contributed by atoms with Crippen LogP contribution in [-0.4, -0.2) is 29.7 Å². The molecule has 8 nitrogen and oxygen atoms in total. The van der Waals surface area contributed by atoms with Crippen LogP contribution in [-0.2, 0) is 4.74 Å². The monoisotopic (exact) mass is 403 g/mol.